The summed E-state index contributed by atoms with van der Waals surface area (Å²) in [4.78, 5) is 10.4. The Morgan fingerprint density at radius 1 is 1.73 bits per heavy atom. The summed E-state index contributed by atoms with van der Waals surface area (Å²) in [5, 5.41) is 0. The Labute approximate surface area is 65.4 Å². The van der Waals surface area contributed by atoms with Gasteiger partial charge in [0.05, 0.1) is 0 Å². The number of carbonyl (C=O) groups excluding carboxylic acids is 1. The van der Waals surface area contributed by atoms with Crippen LogP contribution in [0.2, 0.25) is 0 Å². The van der Waals surface area contributed by atoms with Gasteiger partial charge in [-0.2, -0.15) is 0 Å². The molecule has 1 aliphatic rings. The molecule has 0 bridgehead atoms. The van der Waals surface area contributed by atoms with E-state index in [1.165, 1.54) is 6.92 Å². The number of rotatable bonds is 2. The molecule has 0 spiro atoms. The maximum Gasteiger partial charge on any atom is 0.305 e. The first-order valence-corrected chi connectivity index (χ1v) is 3.66. The lowest BCUT2D eigenvalue weighted by Crippen LogP contribution is -2.18. The van der Waals surface area contributed by atoms with Crippen molar-refractivity contribution in [2.24, 2.45) is 0 Å². The number of hydrogen-bond donors (Lipinski definition) is 0. The van der Waals surface area contributed by atoms with Crippen molar-refractivity contribution in [3.63, 3.8) is 0 Å². The highest BCUT2D eigenvalue weighted by Crippen LogP contribution is 2.14. The SMILES string of the molecule is CCC1OC[C@H](OC(C)=O)O1. The van der Waals surface area contributed by atoms with E-state index in [0.29, 0.717) is 6.61 Å². The quantitative estimate of drug-likeness (QED) is 0.556. The van der Waals surface area contributed by atoms with Crippen molar-refractivity contribution in [3.05, 3.63) is 0 Å². The van der Waals surface area contributed by atoms with Gasteiger partial charge in [0.15, 0.2) is 6.29 Å². The zero-order chi connectivity index (χ0) is 8.27. The second kappa shape index (κ2) is 3.69. The third-order valence-electron chi connectivity index (χ3n) is 1.35. The van der Waals surface area contributed by atoms with Crippen molar-refractivity contribution in [2.75, 3.05) is 6.61 Å². The van der Waals surface area contributed by atoms with Crippen molar-refractivity contribution in [2.45, 2.75) is 32.8 Å². The van der Waals surface area contributed by atoms with Crippen LogP contribution in [0, 0.1) is 0 Å². The summed E-state index contributed by atoms with van der Waals surface area (Å²) in [6.07, 6.45) is 0.0643. The van der Waals surface area contributed by atoms with Gasteiger partial charge in [-0.1, -0.05) is 6.92 Å². The zero-order valence-corrected chi connectivity index (χ0v) is 6.70. The second-order valence-corrected chi connectivity index (χ2v) is 2.35. The van der Waals surface area contributed by atoms with E-state index in [2.05, 4.69) is 0 Å². The van der Waals surface area contributed by atoms with E-state index in [9.17, 15) is 4.79 Å². The average molecular weight is 160 g/mol. The van der Waals surface area contributed by atoms with Gasteiger partial charge in [0.1, 0.15) is 6.61 Å². The van der Waals surface area contributed by atoms with Crippen LogP contribution in [0.1, 0.15) is 20.3 Å². The predicted molar refractivity (Wildman–Crippen MR) is 36.7 cm³/mol. The maximum atomic E-state index is 10.4. The van der Waals surface area contributed by atoms with Crippen LogP contribution in [-0.2, 0) is 19.0 Å². The first kappa shape index (κ1) is 8.49. The first-order chi connectivity index (χ1) is 5.22. The van der Waals surface area contributed by atoms with Crippen molar-refractivity contribution in [1.82, 2.24) is 0 Å². The standard InChI is InChI=1S/C7H12O4/c1-3-6-9-4-7(11-6)10-5(2)8/h6-7H,3-4H2,1-2H3/t6?,7-/m1/s1. The Bertz CT molecular complexity index is 145. The zero-order valence-electron chi connectivity index (χ0n) is 6.70. The molecule has 1 unspecified atom stereocenters. The van der Waals surface area contributed by atoms with Gasteiger partial charge in [-0.15, -0.1) is 0 Å². The fraction of sp³-hybridized carbons (Fsp3) is 0.857. The monoisotopic (exact) mass is 160 g/mol. The lowest BCUT2D eigenvalue weighted by Gasteiger charge is -2.08. The van der Waals surface area contributed by atoms with Gasteiger partial charge in [-0.05, 0) is 6.42 Å². The van der Waals surface area contributed by atoms with E-state index in [1.54, 1.807) is 0 Å². The summed E-state index contributed by atoms with van der Waals surface area (Å²) < 4.78 is 15.0. The van der Waals surface area contributed by atoms with Crippen LogP contribution < -0.4 is 0 Å². The highest BCUT2D eigenvalue weighted by atomic mass is 16.8. The Morgan fingerprint density at radius 2 is 2.45 bits per heavy atom. The molecular formula is C7H12O4. The summed E-state index contributed by atoms with van der Waals surface area (Å²) >= 11 is 0. The lowest BCUT2D eigenvalue weighted by molar-refractivity contribution is -0.173. The topological polar surface area (TPSA) is 44.8 Å². The third-order valence-corrected chi connectivity index (χ3v) is 1.35. The average Bonchev–Trinajstić information content (AvgIpc) is 2.34. The van der Waals surface area contributed by atoms with Crippen molar-refractivity contribution >= 4 is 5.97 Å². The van der Waals surface area contributed by atoms with Crippen LogP contribution in [-0.4, -0.2) is 25.2 Å². The number of hydrogen-bond acceptors (Lipinski definition) is 4. The van der Waals surface area contributed by atoms with Gasteiger partial charge in [-0.3, -0.25) is 4.79 Å². The second-order valence-electron chi connectivity index (χ2n) is 2.35. The van der Waals surface area contributed by atoms with Crippen LogP contribution in [0.4, 0.5) is 0 Å². The molecule has 0 N–H and O–H groups in total. The van der Waals surface area contributed by atoms with Crippen LogP contribution in [0.25, 0.3) is 0 Å². The largest absolute Gasteiger partial charge is 0.433 e. The van der Waals surface area contributed by atoms with Crippen molar-refractivity contribution in [1.29, 1.82) is 0 Å². The van der Waals surface area contributed by atoms with Gasteiger partial charge >= 0.3 is 5.97 Å². The van der Waals surface area contributed by atoms with Gasteiger partial charge in [0, 0.05) is 6.92 Å². The molecule has 4 nitrogen and oxygen atoms in total. The fourth-order valence-electron chi connectivity index (χ4n) is 0.895. The maximum absolute atomic E-state index is 10.4. The molecule has 0 amide bonds. The molecule has 11 heavy (non-hydrogen) atoms. The van der Waals surface area contributed by atoms with Gasteiger partial charge in [-0.25, -0.2) is 0 Å². The molecule has 0 radical (unpaired) electrons. The van der Waals surface area contributed by atoms with E-state index in [1.807, 2.05) is 6.92 Å². The minimum Gasteiger partial charge on any atom is -0.433 e. The molecule has 0 aliphatic carbocycles. The summed E-state index contributed by atoms with van der Waals surface area (Å²) in [7, 11) is 0. The van der Waals surface area contributed by atoms with E-state index >= 15 is 0 Å². The number of ether oxygens (including phenoxy) is 3. The number of esters is 1. The molecule has 0 aromatic carbocycles. The minimum atomic E-state index is -0.502. The van der Waals surface area contributed by atoms with Gasteiger partial charge < -0.3 is 14.2 Å². The molecular weight excluding hydrogens is 148 g/mol. The molecule has 0 aromatic rings. The molecule has 64 valence electrons. The Kier molecular flexibility index (Phi) is 2.84. The van der Waals surface area contributed by atoms with Crippen LogP contribution in [0.15, 0.2) is 0 Å². The summed E-state index contributed by atoms with van der Waals surface area (Å²) in [5.41, 5.74) is 0. The van der Waals surface area contributed by atoms with Crippen molar-refractivity contribution < 1.29 is 19.0 Å². The third kappa shape index (κ3) is 2.48. The molecule has 2 atom stereocenters. The van der Waals surface area contributed by atoms with E-state index in [-0.39, 0.29) is 12.3 Å². The van der Waals surface area contributed by atoms with Crippen molar-refractivity contribution in [3.8, 4) is 0 Å². The fourth-order valence-corrected chi connectivity index (χ4v) is 0.895. The highest BCUT2D eigenvalue weighted by molar-refractivity contribution is 5.66. The van der Waals surface area contributed by atoms with Crippen LogP contribution >= 0.6 is 0 Å². The number of carbonyl (C=O) groups is 1. The van der Waals surface area contributed by atoms with Crippen LogP contribution in [0.3, 0.4) is 0 Å². The molecule has 1 fully saturated rings. The lowest BCUT2D eigenvalue weighted by atomic mass is 10.5. The normalized spacial score (nSPS) is 30.4. The highest BCUT2D eigenvalue weighted by Gasteiger charge is 2.26. The molecule has 1 rings (SSSR count). The molecule has 1 heterocycles. The minimum absolute atomic E-state index is 0.209. The molecule has 0 saturated carbocycles. The molecule has 4 heteroatoms. The van der Waals surface area contributed by atoms with Crippen LogP contribution in [0.5, 0.6) is 0 Å². The molecule has 1 saturated heterocycles. The van der Waals surface area contributed by atoms with E-state index in [4.69, 9.17) is 14.2 Å². The molecule has 1 aliphatic heterocycles. The van der Waals surface area contributed by atoms with E-state index < -0.39 is 6.29 Å². The van der Waals surface area contributed by atoms with Gasteiger partial charge in [0.25, 0.3) is 0 Å². The smallest absolute Gasteiger partial charge is 0.305 e. The Hall–Kier alpha value is -0.610. The Morgan fingerprint density at radius 3 is 2.91 bits per heavy atom. The van der Waals surface area contributed by atoms with Gasteiger partial charge in [0.2, 0.25) is 6.29 Å². The van der Waals surface area contributed by atoms with E-state index in [0.717, 1.165) is 6.42 Å². The first-order valence-electron chi connectivity index (χ1n) is 3.66. The molecule has 0 aromatic heterocycles. The Balaban J connectivity index is 2.24. The summed E-state index contributed by atoms with van der Waals surface area (Å²) in [6, 6.07) is 0. The summed E-state index contributed by atoms with van der Waals surface area (Å²) in [5.74, 6) is -0.338. The summed E-state index contributed by atoms with van der Waals surface area (Å²) in [6.45, 7) is 3.64. The predicted octanol–water partition coefficient (Wildman–Crippen LogP) is 0.659.